The third-order valence-electron chi connectivity index (χ3n) is 4.60. The molecule has 1 aromatic rings. The summed E-state index contributed by atoms with van der Waals surface area (Å²) >= 11 is 0. The molecule has 0 radical (unpaired) electrons. The van der Waals surface area contributed by atoms with E-state index in [0.717, 1.165) is 0 Å². The predicted octanol–water partition coefficient (Wildman–Crippen LogP) is 0.989. The van der Waals surface area contributed by atoms with Crippen molar-refractivity contribution in [2.24, 2.45) is 5.73 Å². The zero-order valence-corrected chi connectivity index (χ0v) is 17.9. The fraction of sp³-hybridized carbons (Fsp3) is 0.524. The fourth-order valence-electron chi connectivity index (χ4n) is 2.94. The van der Waals surface area contributed by atoms with Gasteiger partial charge in [0.1, 0.15) is 5.60 Å². The summed E-state index contributed by atoms with van der Waals surface area (Å²) in [6.07, 6.45) is -0.123. The van der Waals surface area contributed by atoms with Crippen LogP contribution in [0.15, 0.2) is 24.3 Å². The number of nitrogens with two attached hydrogens (primary N) is 1. The molecule has 1 heterocycles. The number of hydrogen-bond acceptors (Lipinski definition) is 6. The van der Waals surface area contributed by atoms with Gasteiger partial charge in [-0.05, 0) is 45.0 Å². The zero-order chi connectivity index (χ0) is 22.5. The third kappa shape index (κ3) is 6.84. The molecule has 0 bridgehead atoms. The summed E-state index contributed by atoms with van der Waals surface area (Å²) in [7, 11) is 0. The van der Waals surface area contributed by atoms with Crippen LogP contribution < -0.4 is 11.1 Å². The molecule has 9 heteroatoms. The van der Waals surface area contributed by atoms with E-state index in [2.05, 4.69) is 5.32 Å². The highest BCUT2D eigenvalue weighted by Gasteiger charge is 2.26. The molecule has 1 fully saturated rings. The number of amides is 3. The van der Waals surface area contributed by atoms with E-state index in [1.807, 2.05) is 0 Å². The maximum Gasteiger partial charge on any atom is 0.338 e. The highest BCUT2D eigenvalue weighted by Crippen LogP contribution is 2.15. The zero-order valence-electron chi connectivity index (χ0n) is 17.9. The Morgan fingerprint density at radius 3 is 2.07 bits per heavy atom. The molecule has 0 aliphatic carbocycles. The van der Waals surface area contributed by atoms with Gasteiger partial charge in [0.15, 0.2) is 0 Å². The topological polar surface area (TPSA) is 122 Å². The Morgan fingerprint density at radius 1 is 1.03 bits per heavy atom. The van der Waals surface area contributed by atoms with Gasteiger partial charge < -0.3 is 25.6 Å². The molecule has 164 valence electrons. The summed E-state index contributed by atoms with van der Waals surface area (Å²) in [4.78, 5) is 51.4. The van der Waals surface area contributed by atoms with Gasteiger partial charge in [0.05, 0.1) is 18.0 Å². The van der Waals surface area contributed by atoms with Crippen LogP contribution in [0.3, 0.4) is 0 Å². The Kier molecular flexibility index (Phi) is 7.55. The van der Waals surface area contributed by atoms with Crippen LogP contribution in [-0.2, 0) is 19.1 Å². The second-order valence-electron chi connectivity index (χ2n) is 8.27. The van der Waals surface area contributed by atoms with Gasteiger partial charge in [0.25, 0.3) is 0 Å². The van der Waals surface area contributed by atoms with E-state index in [-0.39, 0.29) is 18.2 Å². The summed E-state index contributed by atoms with van der Waals surface area (Å²) < 4.78 is 5.29. The number of piperazine rings is 1. The standard InChI is InChI=1S/C21H30N4O5/c1-14(26)24-9-11-25(12-10-24)18(27)13-17(22)19(28)23-16-7-5-15(6-8-16)20(29)30-21(2,3)4/h5-8,17H,9-13,22H2,1-4H3,(H,23,28)/t17-/m0/s1. The van der Waals surface area contributed by atoms with Crippen molar-refractivity contribution in [3.05, 3.63) is 29.8 Å². The first-order chi connectivity index (χ1) is 14.0. The number of carbonyl (C=O) groups excluding carboxylic acids is 4. The Morgan fingerprint density at radius 2 is 1.57 bits per heavy atom. The van der Waals surface area contributed by atoms with E-state index in [9.17, 15) is 19.2 Å². The number of esters is 1. The van der Waals surface area contributed by atoms with E-state index in [1.165, 1.54) is 6.92 Å². The molecular formula is C21H30N4O5. The maximum absolute atomic E-state index is 12.4. The number of carbonyl (C=O) groups is 4. The molecule has 1 atom stereocenters. The molecule has 0 spiro atoms. The van der Waals surface area contributed by atoms with E-state index in [4.69, 9.17) is 10.5 Å². The summed E-state index contributed by atoms with van der Waals surface area (Å²) in [6.45, 7) is 8.66. The van der Waals surface area contributed by atoms with Gasteiger partial charge in [-0.15, -0.1) is 0 Å². The van der Waals surface area contributed by atoms with E-state index < -0.39 is 23.5 Å². The molecule has 1 aliphatic rings. The van der Waals surface area contributed by atoms with Gasteiger partial charge in [-0.3, -0.25) is 14.4 Å². The summed E-state index contributed by atoms with van der Waals surface area (Å²) in [5, 5.41) is 2.65. The number of hydrogen-bond donors (Lipinski definition) is 2. The Bertz CT molecular complexity index is 793. The van der Waals surface area contributed by atoms with Crippen LogP contribution in [0.1, 0.15) is 44.5 Å². The van der Waals surface area contributed by atoms with Crippen molar-refractivity contribution in [3.8, 4) is 0 Å². The minimum atomic E-state index is -1.01. The van der Waals surface area contributed by atoms with E-state index >= 15 is 0 Å². The summed E-state index contributed by atoms with van der Waals surface area (Å²) in [5.41, 5.74) is 6.13. The first-order valence-corrected chi connectivity index (χ1v) is 9.89. The van der Waals surface area contributed by atoms with Gasteiger partial charge in [0.2, 0.25) is 17.7 Å². The first kappa shape index (κ1) is 23.3. The number of nitrogens with zero attached hydrogens (tertiary/aromatic N) is 2. The minimum Gasteiger partial charge on any atom is -0.456 e. The Labute approximate surface area is 176 Å². The lowest BCUT2D eigenvalue weighted by molar-refractivity contribution is -0.139. The first-order valence-electron chi connectivity index (χ1n) is 9.89. The molecule has 9 nitrogen and oxygen atoms in total. The number of nitrogens with one attached hydrogen (secondary N) is 1. The van der Waals surface area contributed by atoms with Crippen molar-refractivity contribution < 1.29 is 23.9 Å². The molecule has 1 saturated heterocycles. The van der Waals surface area contributed by atoms with Crippen LogP contribution >= 0.6 is 0 Å². The fourth-order valence-corrected chi connectivity index (χ4v) is 2.94. The lowest BCUT2D eigenvalue weighted by atomic mass is 10.1. The van der Waals surface area contributed by atoms with Gasteiger partial charge >= 0.3 is 5.97 Å². The van der Waals surface area contributed by atoms with Crippen molar-refractivity contribution >= 4 is 29.4 Å². The van der Waals surface area contributed by atoms with Crippen LogP contribution in [0.5, 0.6) is 0 Å². The van der Waals surface area contributed by atoms with Crippen molar-refractivity contribution in [2.75, 3.05) is 31.5 Å². The normalized spacial score (nSPS) is 15.4. The van der Waals surface area contributed by atoms with Crippen LogP contribution in [0, 0.1) is 0 Å². The molecule has 0 unspecified atom stereocenters. The van der Waals surface area contributed by atoms with Crippen LogP contribution in [0.4, 0.5) is 5.69 Å². The molecule has 0 aromatic heterocycles. The number of rotatable bonds is 5. The molecule has 2 rings (SSSR count). The van der Waals surface area contributed by atoms with Gasteiger partial charge in [-0.25, -0.2) is 4.79 Å². The van der Waals surface area contributed by atoms with Crippen molar-refractivity contribution in [1.82, 2.24) is 9.80 Å². The third-order valence-corrected chi connectivity index (χ3v) is 4.60. The molecule has 1 aliphatic heterocycles. The number of anilines is 1. The van der Waals surface area contributed by atoms with E-state index in [1.54, 1.807) is 54.8 Å². The highest BCUT2D eigenvalue weighted by molar-refractivity contribution is 5.98. The maximum atomic E-state index is 12.4. The van der Waals surface area contributed by atoms with E-state index in [0.29, 0.717) is 37.4 Å². The second kappa shape index (κ2) is 9.71. The molecule has 3 amide bonds. The predicted molar refractivity (Wildman–Crippen MR) is 112 cm³/mol. The monoisotopic (exact) mass is 418 g/mol. The number of benzene rings is 1. The van der Waals surface area contributed by atoms with Gasteiger partial charge in [-0.1, -0.05) is 0 Å². The molecule has 3 N–H and O–H groups in total. The molecular weight excluding hydrogens is 388 g/mol. The van der Waals surface area contributed by atoms with Crippen molar-refractivity contribution in [1.29, 1.82) is 0 Å². The van der Waals surface area contributed by atoms with Crippen LogP contribution in [-0.4, -0.2) is 71.3 Å². The quantitative estimate of drug-likeness (QED) is 0.688. The SMILES string of the molecule is CC(=O)N1CCN(C(=O)C[C@H](N)C(=O)Nc2ccc(C(=O)OC(C)(C)C)cc2)CC1. The van der Waals surface area contributed by atoms with Gasteiger partial charge in [-0.2, -0.15) is 0 Å². The minimum absolute atomic E-state index is 0.0177. The van der Waals surface area contributed by atoms with Gasteiger partial charge in [0, 0.05) is 38.8 Å². The second-order valence-corrected chi connectivity index (χ2v) is 8.27. The van der Waals surface area contributed by atoms with Crippen LogP contribution in [0.25, 0.3) is 0 Å². The average molecular weight is 418 g/mol. The Balaban J connectivity index is 1.84. The van der Waals surface area contributed by atoms with Crippen molar-refractivity contribution in [3.63, 3.8) is 0 Å². The molecule has 1 aromatic carbocycles. The largest absolute Gasteiger partial charge is 0.456 e. The van der Waals surface area contributed by atoms with Crippen LogP contribution in [0.2, 0.25) is 0 Å². The number of ether oxygens (including phenoxy) is 1. The molecule has 30 heavy (non-hydrogen) atoms. The smallest absolute Gasteiger partial charge is 0.338 e. The summed E-state index contributed by atoms with van der Waals surface area (Å²) in [6, 6.07) is 5.25. The molecule has 0 saturated carbocycles. The lowest BCUT2D eigenvalue weighted by Crippen LogP contribution is -2.51. The average Bonchev–Trinajstić information content (AvgIpc) is 2.67. The Hall–Kier alpha value is -2.94. The summed E-state index contributed by atoms with van der Waals surface area (Å²) in [5.74, 6) is -1.18. The lowest BCUT2D eigenvalue weighted by Gasteiger charge is -2.34. The highest BCUT2D eigenvalue weighted by atomic mass is 16.6. The van der Waals surface area contributed by atoms with Crippen molar-refractivity contribution in [2.45, 2.75) is 45.8 Å².